The van der Waals surface area contributed by atoms with Crippen molar-refractivity contribution in [2.75, 3.05) is 5.73 Å². The molecular formula is C10H14FNS. The lowest BCUT2D eigenvalue weighted by atomic mass is 10.3. The van der Waals surface area contributed by atoms with Crippen molar-refractivity contribution in [2.45, 2.75) is 30.4 Å². The van der Waals surface area contributed by atoms with E-state index < -0.39 is 0 Å². The molecule has 1 rings (SSSR count). The Kier molecular flexibility index (Phi) is 3.60. The molecule has 0 aromatic heterocycles. The van der Waals surface area contributed by atoms with E-state index in [2.05, 4.69) is 13.8 Å². The zero-order chi connectivity index (χ0) is 9.84. The van der Waals surface area contributed by atoms with E-state index in [0.717, 1.165) is 11.3 Å². The van der Waals surface area contributed by atoms with E-state index in [1.807, 2.05) is 0 Å². The molecule has 0 aliphatic rings. The van der Waals surface area contributed by atoms with E-state index in [9.17, 15) is 4.39 Å². The van der Waals surface area contributed by atoms with E-state index in [0.29, 0.717) is 10.9 Å². The normalized spacial score (nSPS) is 12.8. The number of nitrogens with two attached hydrogens (primary N) is 1. The molecule has 0 spiro atoms. The van der Waals surface area contributed by atoms with Crippen molar-refractivity contribution in [3.8, 4) is 0 Å². The van der Waals surface area contributed by atoms with Gasteiger partial charge in [0.2, 0.25) is 0 Å². The maximum Gasteiger partial charge on any atom is 0.124 e. The van der Waals surface area contributed by atoms with Crippen LogP contribution in [0, 0.1) is 5.82 Å². The number of rotatable bonds is 3. The number of nitrogen functional groups attached to an aromatic ring is 1. The van der Waals surface area contributed by atoms with E-state index >= 15 is 0 Å². The topological polar surface area (TPSA) is 26.0 Å². The molecule has 3 heteroatoms. The van der Waals surface area contributed by atoms with Crippen LogP contribution < -0.4 is 5.73 Å². The summed E-state index contributed by atoms with van der Waals surface area (Å²) in [5.74, 6) is -0.222. The van der Waals surface area contributed by atoms with Crippen LogP contribution in [0.25, 0.3) is 0 Å². The molecule has 1 aromatic carbocycles. The van der Waals surface area contributed by atoms with Crippen LogP contribution in [0.5, 0.6) is 0 Å². The van der Waals surface area contributed by atoms with Gasteiger partial charge in [-0.2, -0.15) is 0 Å². The molecule has 0 saturated carbocycles. The number of hydrogen-bond acceptors (Lipinski definition) is 2. The Bertz CT molecular complexity index is 288. The second-order valence-corrected chi connectivity index (χ2v) is 4.50. The van der Waals surface area contributed by atoms with Crippen molar-refractivity contribution in [3.05, 3.63) is 24.0 Å². The second kappa shape index (κ2) is 4.51. The third kappa shape index (κ3) is 2.92. The first kappa shape index (κ1) is 10.4. The summed E-state index contributed by atoms with van der Waals surface area (Å²) in [6.45, 7) is 4.21. The van der Waals surface area contributed by atoms with Gasteiger partial charge in [-0.25, -0.2) is 4.39 Å². The highest BCUT2D eigenvalue weighted by Gasteiger charge is 2.05. The summed E-state index contributed by atoms with van der Waals surface area (Å²) >= 11 is 1.62. The fraction of sp³-hybridized carbons (Fsp3) is 0.400. The summed E-state index contributed by atoms with van der Waals surface area (Å²) in [6, 6.07) is 4.49. The Labute approximate surface area is 82.5 Å². The zero-order valence-corrected chi connectivity index (χ0v) is 8.70. The Morgan fingerprint density at radius 1 is 1.54 bits per heavy atom. The number of hydrogen-bond donors (Lipinski definition) is 1. The van der Waals surface area contributed by atoms with Gasteiger partial charge in [0.15, 0.2) is 0 Å². The van der Waals surface area contributed by atoms with Gasteiger partial charge in [0.1, 0.15) is 5.82 Å². The first-order chi connectivity index (χ1) is 6.13. The average molecular weight is 199 g/mol. The highest BCUT2D eigenvalue weighted by atomic mass is 32.2. The van der Waals surface area contributed by atoms with E-state index in [1.165, 1.54) is 12.1 Å². The van der Waals surface area contributed by atoms with Crippen LogP contribution in [-0.2, 0) is 0 Å². The maximum absolute atomic E-state index is 12.8. The lowest BCUT2D eigenvalue weighted by Crippen LogP contribution is -1.96. The van der Waals surface area contributed by atoms with Gasteiger partial charge in [-0.1, -0.05) is 13.8 Å². The third-order valence-corrected chi connectivity index (χ3v) is 3.22. The van der Waals surface area contributed by atoms with E-state index in [4.69, 9.17) is 5.73 Å². The highest BCUT2D eigenvalue weighted by Crippen LogP contribution is 2.30. The molecule has 1 unspecified atom stereocenters. The summed E-state index contributed by atoms with van der Waals surface area (Å²) in [5, 5.41) is 0.476. The smallest absolute Gasteiger partial charge is 0.124 e. The average Bonchev–Trinajstić information content (AvgIpc) is 2.11. The van der Waals surface area contributed by atoms with Gasteiger partial charge in [0, 0.05) is 15.8 Å². The van der Waals surface area contributed by atoms with Crippen LogP contribution >= 0.6 is 11.8 Å². The lowest BCUT2D eigenvalue weighted by molar-refractivity contribution is 0.624. The highest BCUT2D eigenvalue weighted by molar-refractivity contribution is 8.00. The van der Waals surface area contributed by atoms with E-state index in [1.54, 1.807) is 17.8 Å². The number of halogens is 1. The van der Waals surface area contributed by atoms with Crippen LogP contribution in [0.1, 0.15) is 20.3 Å². The van der Waals surface area contributed by atoms with Crippen LogP contribution in [0.3, 0.4) is 0 Å². The molecule has 2 N–H and O–H groups in total. The summed E-state index contributed by atoms with van der Waals surface area (Å²) < 4.78 is 12.8. The van der Waals surface area contributed by atoms with Gasteiger partial charge in [0.25, 0.3) is 0 Å². The molecular weight excluding hydrogens is 185 g/mol. The van der Waals surface area contributed by atoms with Crippen LogP contribution in [0.15, 0.2) is 23.1 Å². The van der Waals surface area contributed by atoms with Crippen molar-refractivity contribution in [3.63, 3.8) is 0 Å². The molecule has 0 fully saturated rings. The van der Waals surface area contributed by atoms with Crippen molar-refractivity contribution >= 4 is 17.4 Å². The SMILES string of the molecule is CCC(C)Sc1cc(F)ccc1N. The van der Waals surface area contributed by atoms with Gasteiger partial charge in [0.05, 0.1) is 0 Å². The van der Waals surface area contributed by atoms with Gasteiger partial charge < -0.3 is 5.73 Å². The Hall–Kier alpha value is -0.700. The van der Waals surface area contributed by atoms with Gasteiger partial charge in [-0.15, -0.1) is 11.8 Å². The number of benzene rings is 1. The molecule has 72 valence electrons. The standard InChI is InChI=1S/C10H14FNS/c1-3-7(2)13-10-6-8(11)4-5-9(10)12/h4-7H,3,12H2,1-2H3. The Balaban J connectivity index is 2.81. The second-order valence-electron chi connectivity index (χ2n) is 3.02. The molecule has 0 aliphatic carbocycles. The monoisotopic (exact) mass is 199 g/mol. The van der Waals surface area contributed by atoms with Crippen LogP contribution in [0.4, 0.5) is 10.1 Å². The lowest BCUT2D eigenvalue weighted by Gasteiger charge is -2.10. The summed E-state index contributed by atoms with van der Waals surface area (Å²) in [6.07, 6.45) is 1.06. The first-order valence-corrected chi connectivity index (χ1v) is 5.23. The van der Waals surface area contributed by atoms with Crippen LogP contribution in [0.2, 0.25) is 0 Å². The first-order valence-electron chi connectivity index (χ1n) is 4.35. The zero-order valence-electron chi connectivity index (χ0n) is 7.88. The predicted molar refractivity (Wildman–Crippen MR) is 56.4 cm³/mol. The summed E-state index contributed by atoms with van der Waals surface area (Å²) in [4.78, 5) is 0.842. The molecule has 1 aromatic rings. The summed E-state index contributed by atoms with van der Waals surface area (Å²) in [7, 11) is 0. The van der Waals surface area contributed by atoms with Gasteiger partial charge in [-0.3, -0.25) is 0 Å². The largest absolute Gasteiger partial charge is 0.398 e. The predicted octanol–water partition coefficient (Wildman–Crippen LogP) is 3.30. The minimum atomic E-state index is -0.222. The molecule has 0 aliphatic heterocycles. The van der Waals surface area contributed by atoms with Crippen molar-refractivity contribution in [1.82, 2.24) is 0 Å². The molecule has 1 atom stereocenters. The molecule has 1 nitrogen and oxygen atoms in total. The van der Waals surface area contributed by atoms with Crippen molar-refractivity contribution < 1.29 is 4.39 Å². The Morgan fingerprint density at radius 2 is 2.23 bits per heavy atom. The number of thioether (sulfide) groups is 1. The minimum absolute atomic E-state index is 0.222. The minimum Gasteiger partial charge on any atom is -0.398 e. The maximum atomic E-state index is 12.8. The van der Waals surface area contributed by atoms with Gasteiger partial charge in [-0.05, 0) is 24.6 Å². The molecule has 0 bridgehead atoms. The van der Waals surface area contributed by atoms with Crippen molar-refractivity contribution in [2.24, 2.45) is 0 Å². The summed E-state index contributed by atoms with van der Waals surface area (Å²) in [5.41, 5.74) is 6.36. The fourth-order valence-electron chi connectivity index (χ4n) is 0.910. The van der Waals surface area contributed by atoms with Gasteiger partial charge >= 0.3 is 0 Å². The third-order valence-electron chi connectivity index (χ3n) is 1.88. The van der Waals surface area contributed by atoms with Crippen LogP contribution in [-0.4, -0.2) is 5.25 Å². The van der Waals surface area contributed by atoms with Crippen molar-refractivity contribution in [1.29, 1.82) is 0 Å². The van der Waals surface area contributed by atoms with E-state index in [-0.39, 0.29) is 5.82 Å². The quantitative estimate of drug-likeness (QED) is 0.597. The molecule has 0 heterocycles. The molecule has 0 amide bonds. The molecule has 0 saturated heterocycles. The molecule has 0 radical (unpaired) electrons. The Morgan fingerprint density at radius 3 is 2.85 bits per heavy atom. The number of anilines is 1. The fourth-order valence-corrected chi connectivity index (χ4v) is 1.90. The molecule has 13 heavy (non-hydrogen) atoms.